The predicted octanol–water partition coefficient (Wildman–Crippen LogP) is 1.52. The standard InChI is InChI=1S/C17H23FN6OS2/c1-9-12(18)13(16(2,3)25)22-15(21-9)24-6-10-7-26-14(19)23-17(10,8-24)11-4-5-20-27-11/h4-5,10,14,23,25H,6-8,19H2,1-3H3/t10-,14?,17-/m0/s1. The van der Waals surface area contributed by atoms with Crippen LogP contribution in [0.15, 0.2) is 12.3 Å². The van der Waals surface area contributed by atoms with E-state index in [1.54, 1.807) is 24.9 Å². The Bertz CT molecular complexity index is 843. The van der Waals surface area contributed by atoms with Crippen molar-refractivity contribution < 1.29 is 9.50 Å². The lowest BCUT2D eigenvalue weighted by atomic mass is 9.86. The summed E-state index contributed by atoms with van der Waals surface area (Å²) < 4.78 is 18.7. The van der Waals surface area contributed by atoms with Crippen LogP contribution in [0.5, 0.6) is 0 Å². The van der Waals surface area contributed by atoms with Crippen molar-refractivity contribution in [2.24, 2.45) is 11.7 Å². The minimum atomic E-state index is -1.38. The smallest absolute Gasteiger partial charge is 0.226 e. The number of thioether (sulfide) groups is 1. The number of rotatable bonds is 3. The molecule has 4 N–H and O–H groups in total. The van der Waals surface area contributed by atoms with Gasteiger partial charge in [-0.2, -0.15) is 0 Å². The molecule has 0 amide bonds. The van der Waals surface area contributed by atoms with Crippen LogP contribution in [0.4, 0.5) is 10.3 Å². The highest BCUT2D eigenvalue weighted by Gasteiger charge is 2.52. The summed E-state index contributed by atoms with van der Waals surface area (Å²) in [6.07, 6.45) is 1.80. The number of nitrogens with zero attached hydrogens (tertiary/aromatic N) is 4. The highest BCUT2D eigenvalue weighted by Crippen LogP contribution is 2.45. The van der Waals surface area contributed by atoms with Crippen molar-refractivity contribution >= 4 is 29.2 Å². The van der Waals surface area contributed by atoms with Crippen LogP contribution in [0.1, 0.15) is 30.1 Å². The van der Waals surface area contributed by atoms with Gasteiger partial charge >= 0.3 is 0 Å². The Morgan fingerprint density at radius 2 is 2.22 bits per heavy atom. The van der Waals surface area contributed by atoms with Crippen LogP contribution in [0, 0.1) is 18.7 Å². The Morgan fingerprint density at radius 1 is 1.44 bits per heavy atom. The minimum Gasteiger partial charge on any atom is -0.384 e. The van der Waals surface area contributed by atoms with Gasteiger partial charge in [-0.15, -0.1) is 11.8 Å². The third-order valence-corrected chi connectivity index (χ3v) is 7.20. The molecule has 2 aromatic rings. The van der Waals surface area contributed by atoms with Gasteiger partial charge in [0, 0.05) is 35.8 Å². The number of fused-ring (bicyclic) bond motifs is 1. The third kappa shape index (κ3) is 3.23. The van der Waals surface area contributed by atoms with E-state index in [9.17, 15) is 9.50 Å². The topological polar surface area (TPSA) is 100 Å². The summed E-state index contributed by atoms with van der Waals surface area (Å²) in [4.78, 5) is 11.9. The fourth-order valence-electron chi connectivity index (χ4n) is 3.83. The normalized spacial score (nSPS) is 28.4. The van der Waals surface area contributed by atoms with Gasteiger partial charge in [0.15, 0.2) is 5.82 Å². The number of anilines is 1. The molecular weight excluding hydrogens is 387 g/mol. The molecule has 0 aromatic carbocycles. The summed E-state index contributed by atoms with van der Waals surface area (Å²) in [6.45, 7) is 6.00. The third-order valence-electron chi connectivity index (χ3n) is 5.20. The molecule has 2 aliphatic rings. The summed E-state index contributed by atoms with van der Waals surface area (Å²) in [5.74, 6) is 1.07. The fourth-order valence-corrected chi connectivity index (χ4v) is 5.76. The van der Waals surface area contributed by atoms with Crippen LogP contribution in [-0.4, -0.2) is 43.8 Å². The zero-order chi connectivity index (χ0) is 19.4. The second-order valence-electron chi connectivity index (χ2n) is 7.65. The van der Waals surface area contributed by atoms with Crippen LogP contribution in [0.25, 0.3) is 0 Å². The van der Waals surface area contributed by atoms with Gasteiger partial charge in [0.2, 0.25) is 5.95 Å². The molecule has 0 saturated carbocycles. The van der Waals surface area contributed by atoms with Gasteiger partial charge in [-0.3, -0.25) is 5.32 Å². The quantitative estimate of drug-likeness (QED) is 0.700. The number of hydrogen-bond donors (Lipinski definition) is 3. The maximum absolute atomic E-state index is 14.5. The summed E-state index contributed by atoms with van der Waals surface area (Å²) in [6, 6.07) is 2.02. The van der Waals surface area contributed by atoms with E-state index in [1.165, 1.54) is 25.4 Å². The Kier molecular flexibility index (Phi) is 4.66. The Balaban J connectivity index is 1.74. The van der Waals surface area contributed by atoms with Crippen LogP contribution in [-0.2, 0) is 11.1 Å². The van der Waals surface area contributed by atoms with Crippen molar-refractivity contribution in [3.8, 4) is 0 Å². The molecule has 10 heteroatoms. The number of aryl methyl sites for hydroxylation is 1. The molecule has 3 atom stereocenters. The van der Waals surface area contributed by atoms with Crippen molar-refractivity contribution in [2.75, 3.05) is 23.7 Å². The molecule has 27 heavy (non-hydrogen) atoms. The van der Waals surface area contributed by atoms with E-state index < -0.39 is 11.4 Å². The second kappa shape index (κ2) is 6.63. The maximum atomic E-state index is 14.5. The largest absolute Gasteiger partial charge is 0.384 e. The van der Waals surface area contributed by atoms with Crippen molar-refractivity contribution in [3.63, 3.8) is 0 Å². The van der Waals surface area contributed by atoms with Crippen LogP contribution < -0.4 is 16.0 Å². The van der Waals surface area contributed by atoms with Gasteiger partial charge < -0.3 is 15.7 Å². The Labute approximate surface area is 165 Å². The predicted molar refractivity (Wildman–Crippen MR) is 105 cm³/mol. The van der Waals surface area contributed by atoms with Gasteiger partial charge in [0.05, 0.1) is 11.2 Å². The number of halogens is 1. The number of hydrogen-bond acceptors (Lipinski definition) is 9. The van der Waals surface area contributed by atoms with E-state index >= 15 is 0 Å². The first-order chi connectivity index (χ1) is 12.7. The van der Waals surface area contributed by atoms with E-state index in [4.69, 9.17) is 5.73 Å². The second-order valence-corrected chi connectivity index (χ2v) is 9.66. The molecule has 1 unspecified atom stereocenters. The summed E-state index contributed by atoms with van der Waals surface area (Å²) in [5, 5.41) is 13.9. The van der Waals surface area contributed by atoms with Crippen molar-refractivity contribution in [3.05, 3.63) is 34.3 Å². The zero-order valence-electron chi connectivity index (χ0n) is 15.4. The molecular formula is C17H23FN6OS2. The fraction of sp³-hybridized carbons (Fsp3) is 0.588. The number of aliphatic hydroxyl groups is 1. The molecule has 0 aliphatic carbocycles. The Hall–Kier alpha value is -1.33. The number of nitrogens with two attached hydrogens (primary N) is 1. The average Bonchev–Trinajstić information content (AvgIpc) is 3.23. The van der Waals surface area contributed by atoms with Crippen LogP contribution in [0.2, 0.25) is 0 Å². The van der Waals surface area contributed by atoms with Crippen LogP contribution >= 0.6 is 23.3 Å². The first-order valence-corrected chi connectivity index (χ1v) is 10.6. The van der Waals surface area contributed by atoms with Gasteiger partial charge in [-0.05, 0) is 38.4 Å². The zero-order valence-corrected chi connectivity index (χ0v) is 17.1. The van der Waals surface area contributed by atoms with E-state index in [-0.39, 0.29) is 22.4 Å². The van der Waals surface area contributed by atoms with Crippen molar-refractivity contribution in [1.82, 2.24) is 19.7 Å². The van der Waals surface area contributed by atoms with Gasteiger partial charge in [0.1, 0.15) is 16.8 Å². The lowest BCUT2D eigenvalue weighted by Gasteiger charge is -2.41. The van der Waals surface area contributed by atoms with E-state index in [2.05, 4.69) is 24.6 Å². The highest BCUT2D eigenvalue weighted by molar-refractivity contribution is 7.99. The Morgan fingerprint density at radius 3 is 2.89 bits per heavy atom. The first-order valence-electron chi connectivity index (χ1n) is 8.79. The molecule has 0 bridgehead atoms. The summed E-state index contributed by atoms with van der Waals surface area (Å²) in [5.41, 5.74) is 4.58. The molecule has 7 nitrogen and oxygen atoms in total. The minimum absolute atomic E-state index is 0.0192. The van der Waals surface area contributed by atoms with E-state index in [0.29, 0.717) is 18.4 Å². The van der Waals surface area contributed by atoms with Crippen molar-refractivity contribution in [2.45, 2.75) is 37.4 Å². The van der Waals surface area contributed by atoms with Crippen molar-refractivity contribution in [1.29, 1.82) is 0 Å². The summed E-state index contributed by atoms with van der Waals surface area (Å²) in [7, 11) is 0. The SMILES string of the molecule is Cc1nc(N2C[C@H]3CSC(N)N[C@@]3(c3ccns3)C2)nc(C(C)(C)O)c1F. The average molecular weight is 411 g/mol. The van der Waals surface area contributed by atoms with Gasteiger partial charge in [-0.25, -0.2) is 18.7 Å². The monoisotopic (exact) mass is 410 g/mol. The summed E-state index contributed by atoms with van der Waals surface area (Å²) >= 11 is 3.15. The molecule has 0 radical (unpaired) electrons. The lowest BCUT2D eigenvalue weighted by molar-refractivity contribution is 0.0691. The molecule has 2 aliphatic heterocycles. The molecule has 2 aromatic heterocycles. The highest BCUT2D eigenvalue weighted by atomic mass is 32.2. The number of aromatic nitrogens is 3. The van der Waals surface area contributed by atoms with E-state index in [0.717, 1.165) is 17.2 Å². The molecule has 4 heterocycles. The number of nitrogens with one attached hydrogen (secondary N) is 1. The van der Waals surface area contributed by atoms with Gasteiger partial charge in [-0.1, -0.05) is 0 Å². The molecule has 2 saturated heterocycles. The lowest BCUT2D eigenvalue weighted by Crippen LogP contribution is -2.58. The van der Waals surface area contributed by atoms with Gasteiger partial charge in [0.25, 0.3) is 0 Å². The van der Waals surface area contributed by atoms with E-state index in [1.807, 2.05) is 6.07 Å². The molecule has 2 fully saturated rings. The molecule has 146 valence electrons. The van der Waals surface area contributed by atoms with Crippen LogP contribution in [0.3, 0.4) is 0 Å². The molecule has 4 rings (SSSR count). The maximum Gasteiger partial charge on any atom is 0.226 e. The molecule has 0 spiro atoms. The first kappa shape index (κ1) is 19.0.